The second-order valence-electron chi connectivity index (χ2n) is 7.66. The van der Waals surface area contributed by atoms with E-state index in [1.165, 1.54) is 18.6 Å². The molecule has 31 heavy (non-hydrogen) atoms. The van der Waals surface area contributed by atoms with Gasteiger partial charge in [-0.1, -0.05) is 19.3 Å². The summed E-state index contributed by atoms with van der Waals surface area (Å²) >= 11 is 0. The Kier molecular flexibility index (Phi) is 8.31. The number of benzene rings is 2. The van der Waals surface area contributed by atoms with Gasteiger partial charge in [-0.25, -0.2) is 13.1 Å². The van der Waals surface area contributed by atoms with Crippen molar-refractivity contribution in [3.8, 4) is 11.5 Å². The van der Waals surface area contributed by atoms with Gasteiger partial charge in [-0.05, 0) is 67.8 Å². The molecular formula is C23H30N2O5S. The number of hydrogen-bond donors (Lipinski definition) is 2. The van der Waals surface area contributed by atoms with Crippen LogP contribution in [0.3, 0.4) is 0 Å². The predicted octanol–water partition coefficient (Wildman–Crippen LogP) is 4.10. The minimum Gasteiger partial charge on any atom is -0.497 e. The molecule has 0 saturated heterocycles. The Bertz CT molecular complexity index is 937. The van der Waals surface area contributed by atoms with Gasteiger partial charge in [-0.3, -0.25) is 4.79 Å². The Morgan fingerprint density at radius 1 is 0.968 bits per heavy atom. The third-order valence-electron chi connectivity index (χ3n) is 5.25. The first-order chi connectivity index (χ1) is 15.0. The molecule has 0 unspecified atom stereocenters. The van der Waals surface area contributed by atoms with E-state index < -0.39 is 10.0 Å². The van der Waals surface area contributed by atoms with Crippen LogP contribution in [-0.2, 0) is 14.8 Å². The quantitative estimate of drug-likeness (QED) is 0.536. The average molecular weight is 447 g/mol. The van der Waals surface area contributed by atoms with Crippen molar-refractivity contribution in [1.82, 2.24) is 4.72 Å². The molecule has 1 amide bonds. The zero-order valence-electron chi connectivity index (χ0n) is 17.8. The summed E-state index contributed by atoms with van der Waals surface area (Å²) in [5.74, 6) is 1.34. The number of amides is 1. The fourth-order valence-corrected chi connectivity index (χ4v) is 4.85. The highest BCUT2D eigenvalue weighted by atomic mass is 32.2. The maximum Gasteiger partial charge on any atom is 0.240 e. The van der Waals surface area contributed by atoms with Crippen LogP contribution >= 0.6 is 0 Å². The summed E-state index contributed by atoms with van der Waals surface area (Å²) in [5, 5.41) is 2.79. The standard InChI is InChI=1S/C23H30N2O5S/c1-29-20-11-13-21(14-12-20)30-17-5-8-23(26)24-18-9-15-22(16-10-18)31(27,28)25-19-6-3-2-4-7-19/h9-16,19,25H,2-8,17H2,1H3,(H,24,26). The fourth-order valence-electron chi connectivity index (χ4n) is 3.54. The lowest BCUT2D eigenvalue weighted by Crippen LogP contribution is -2.36. The molecule has 1 saturated carbocycles. The van der Waals surface area contributed by atoms with Crippen LogP contribution in [0.15, 0.2) is 53.4 Å². The molecule has 0 aromatic heterocycles. The summed E-state index contributed by atoms with van der Waals surface area (Å²) in [6, 6.07) is 13.5. The Hall–Kier alpha value is -2.58. The molecule has 1 aliphatic rings. The monoisotopic (exact) mass is 446 g/mol. The molecule has 0 bridgehead atoms. The Morgan fingerprint density at radius 3 is 2.26 bits per heavy atom. The molecule has 7 nitrogen and oxygen atoms in total. The molecule has 2 aromatic rings. The van der Waals surface area contributed by atoms with E-state index in [4.69, 9.17) is 9.47 Å². The molecular weight excluding hydrogens is 416 g/mol. The third kappa shape index (κ3) is 7.25. The molecule has 0 spiro atoms. The molecule has 1 aliphatic carbocycles. The highest BCUT2D eigenvalue weighted by molar-refractivity contribution is 7.89. The minimum absolute atomic E-state index is 0.0123. The molecule has 2 aromatic carbocycles. The molecule has 0 radical (unpaired) electrons. The Labute approximate surface area is 184 Å². The number of hydrogen-bond acceptors (Lipinski definition) is 5. The van der Waals surface area contributed by atoms with Crippen LogP contribution in [0.4, 0.5) is 5.69 Å². The van der Waals surface area contributed by atoms with E-state index >= 15 is 0 Å². The molecule has 8 heteroatoms. The van der Waals surface area contributed by atoms with Gasteiger partial charge in [-0.15, -0.1) is 0 Å². The van der Waals surface area contributed by atoms with Gasteiger partial charge in [0, 0.05) is 18.2 Å². The van der Waals surface area contributed by atoms with Gasteiger partial charge in [0.15, 0.2) is 0 Å². The first kappa shape index (κ1) is 23.1. The van der Waals surface area contributed by atoms with E-state index in [0.717, 1.165) is 37.2 Å². The molecule has 1 fully saturated rings. The number of rotatable bonds is 10. The van der Waals surface area contributed by atoms with E-state index in [2.05, 4.69) is 10.0 Å². The zero-order chi connectivity index (χ0) is 22.1. The van der Waals surface area contributed by atoms with E-state index in [-0.39, 0.29) is 16.8 Å². The number of methoxy groups -OCH3 is 1. The van der Waals surface area contributed by atoms with E-state index in [1.807, 2.05) is 24.3 Å². The number of carbonyl (C=O) groups is 1. The van der Waals surface area contributed by atoms with Crippen molar-refractivity contribution in [2.45, 2.75) is 55.9 Å². The highest BCUT2D eigenvalue weighted by Crippen LogP contribution is 2.21. The van der Waals surface area contributed by atoms with E-state index in [1.54, 1.807) is 19.2 Å². The number of anilines is 1. The first-order valence-electron chi connectivity index (χ1n) is 10.7. The van der Waals surface area contributed by atoms with Crippen molar-refractivity contribution in [3.63, 3.8) is 0 Å². The number of carbonyl (C=O) groups excluding carboxylic acids is 1. The Balaban J connectivity index is 1.41. The lowest BCUT2D eigenvalue weighted by atomic mass is 9.96. The normalized spacial score (nSPS) is 14.7. The second-order valence-corrected chi connectivity index (χ2v) is 9.37. The van der Waals surface area contributed by atoms with Crippen LogP contribution < -0.4 is 19.5 Å². The zero-order valence-corrected chi connectivity index (χ0v) is 18.6. The maximum atomic E-state index is 12.5. The van der Waals surface area contributed by atoms with Crippen molar-refractivity contribution >= 4 is 21.6 Å². The summed E-state index contributed by atoms with van der Waals surface area (Å²) in [5.41, 5.74) is 0.567. The number of sulfonamides is 1. The van der Waals surface area contributed by atoms with Crippen molar-refractivity contribution in [2.24, 2.45) is 0 Å². The van der Waals surface area contributed by atoms with Crippen molar-refractivity contribution in [1.29, 1.82) is 0 Å². The van der Waals surface area contributed by atoms with Crippen LogP contribution in [0.2, 0.25) is 0 Å². The van der Waals surface area contributed by atoms with Crippen LogP contribution in [0, 0.1) is 0 Å². The van der Waals surface area contributed by atoms with Gasteiger partial charge in [0.1, 0.15) is 11.5 Å². The summed E-state index contributed by atoms with van der Waals surface area (Å²) in [6.45, 7) is 0.420. The van der Waals surface area contributed by atoms with Gasteiger partial charge in [0.2, 0.25) is 15.9 Å². The minimum atomic E-state index is -3.54. The van der Waals surface area contributed by atoms with E-state index in [9.17, 15) is 13.2 Å². The lowest BCUT2D eigenvalue weighted by molar-refractivity contribution is -0.116. The lowest BCUT2D eigenvalue weighted by Gasteiger charge is -2.22. The Morgan fingerprint density at radius 2 is 1.61 bits per heavy atom. The van der Waals surface area contributed by atoms with Gasteiger partial charge in [0.25, 0.3) is 0 Å². The van der Waals surface area contributed by atoms with Gasteiger partial charge >= 0.3 is 0 Å². The van der Waals surface area contributed by atoms with Crippen molar-refractivity contribution in [3.05, 3.63) is 48.5 Å². The SMILES string of the molecule is COc1ccc(OCCCC(=O)Nc2ccc(S(=O)(=O)NC3CCCCC3)cc2)cc1. The second kappa shape index (κ2) is 11.2. The third-order valence-corrected chi connectivity index (χ3v) is 6.79. The van der Waals surface area contributed by atoms with Crippen LogP contribution in [0.25, 0.3) is 0 Å². The van der Waals surface area contributed by atoms with Crippen molar-refractivity contribution in [2.75, 3.05) is 19.0 Å². The maximum absolute atomic E-state index is 12.5. The fraction of sp³-hybridized carbons (Fsp3) is 0.435. The van der Waals surface area contributed by atoms with Gasteiger partial charge in [-0.2, -0.15) is 0 Å². The molecule has 168 valence electrons. The van der Waals surface area contributed by atoms with Crippen molar-refractivity contribution < 1.29 is 22.7 Å². The highest BCUT2D eigenvalue weighted by Gasteiger charge is 2.21. The summed E-state index contributed by atoms with van der Waals surface area (Å²) < 4.78 is 38.6. The largest absolute Gasteiger partial charge is 0.497 e. The molecule has 0 aliphatic heterocycles. The van der Waals surface area contributed by atoms with Gasteiger partial charge < -0.3 is 14.8 Å². The van der Waals surface area contributed by atoms with Crippen LogP contribution in [0.1, 0.15) is 44.9 Å². The molecule has 3 rings (SSSR count). The smallest absolute Gasteiger partial charge is 0.240 e. The average Bonchev–Trinajstić information content (AvgIpc) is 2.78. The number of nitrogens with one attached hydrogen (secondary N) is 2. The summed E-state index contributed by atoms with van der Waals surface area (Å²) in [4.78, 5) is 12.4. The molecule has 2 N–H and O–H groups in total. The predicted molar refractivity (Wildman–Crippen MR) is 120 cm³/mol. The first-order valence-corrected chi connectivity index (χ1v) is 12.1. The van der Waals surface area contributed by atoms with Crippen LogP contribution in [0.5, 0.6) is 11.5 Å². The molecule has 0 atom stereocenters. The summed E-state index contributed by atoms with van der Waals surface area (Å²) in [6.07, 6.45) is 5.92. The van der Waals surface area contributed by atoms with Crippen LogP contribution in [-0.4, -0.2) is 34.1 Å². The van der Waals surface area contributed by atoms with Gasteiger partial charge in [0.05, 0.1) is 18.6 Å². The van der Waals surface area contributed by atoms with E-state index in [0.29, 0.717) is 25.1 Å². The topological polar surface area (TPSA) is 93.7 Å². The molecule has 0 heterocycles. The number of ether oxygens (including phenoxy) is 2. The summed E-state index contributed by atoms with van der Waals surface area (Å²) in [7, 11) is -1.93.